The minimum Gasteiger partial charge on any atom is -0.356 e. The predicted octanol–water partition coefficient (Wildman–Crippen LogP) is 2.88. The van der Waals surface area contributed by atoms with Crippen LogP contribution in [0.15, 0.2) is 12.3 Å². The number of fused-ring (bicyclic) bond motifs is 1. The van der Waals surface area contributed by atoms with Crippen molar-refractivity contribution in [2.75, 3.05) is 31.6 Å². The maximum atomic E-state index is 13.3. The third kappa shape index (κ3) is 2.63. The Hall–Kier alpha value is -0.870. The molecule has 2 aliphatic rings. The van der Waals surface area contributed by atoms with E-state index in [9.17, 15) is 4.39 Å². The topological polar surface area (TPSA) is 19.4 Å². The van der Waals surface area contributed by atoms with Crippen LogP contribution in [0.2, 0.25) is 0 Å². The lowest BCUT2D eigenvalue weighted by Crippen LogP contribution is -2.53. The van der Waals surface area contributed by atoms with Crippen LogP contribution in [-0.2, 0) is 5.88 Å². The Morgan fingerprint density at radius 3 is 3.05 bits per heavy atom. The van der Waals surface area contributed by atoms with E-state index in [1.54, 1.807) is 0 Å². The highest BCUT2D eigenvalue weighted by Gasteiger charge is 2.35. The number of likely N-dealkylation sites (tertiary alicyclic amines) is 1. The first-order valence-corrected chi connectivity index (χ1v) is 7.88. The van der Waals surface area contributed by atoms with Crippen molar-refractivity contribution in [1.29, 1.82) is 0 Å². The average Bonchev–Trinajstić information content (AvgIpc) is 2.47. The second-order valence-electron chi connectivity index (χ2n) is 5.95. The van der Waals surface area contributed by atoms with Gasteiger partial charge in [-0.15, -0.1) is 11.6 Å². The summed E-state index contributed by atoms with van der Waals surface area (Å²) in [4.78, 5) is 9.06. The van der Waals surface area contributed by atoms with Gasteiger partial charge in [-0.25, -0.2) is 9.37 Å². The normalized spacial score (nSPS) is 27.4. The lowest BCUT2D eigenvalue weighted by atomic mass is 9.84. The quantitative estimate of drug-likeness (QED) is 0.783. The molecule has 0 N–H and O–H groups in total. The van der Waals surface area contributed by atoms with Gasteiger partial charge in [0.2, 0.25) is 0 Å². The van der Waals surface area contributed by atoms with Crippen molar-refractivity contribution in [2.45, 2.75) is 31.2 Å². The Kier molecular flexibility index (Phi) is 4.13. The summed E-state index contributed by atoms with van der Waals surface area (Å²) >= 11 is 5.94. The fraction of sp³-hybridized carbons (Fsp3) is 0.667. The molecule has 3 rings (SSSR count). The molecule has 2 fully saturated rings. The third-order valence-electron chi connectivity index (χ3n) is 4.70. The molecule has 0 bridgehead atoms. The van der Waals surface area contributed by atoms with Crippen molar-refractivity contribution in [2.24, 2.45) is 5.92 Å². The SMILES string of the molecule is CN1CCCC2CN(c3ncc(F)cc3CCl)CCC21. The van der Waals surface area contributed by atoms with Gasteiger partial charge in [0, 0.05) is 24.7 Å². The third-order valence-corrected chi connectivity index (χ3v) is 4.99. The van der Waals surface area contributed by atoms with Crippen molar-refractivity contribution < 1.29 is 4.39 Å². The second kappa shape index (κ2) is 5.86. The minimum atomic E-state index is -0.309. The molecule has 5 heteroatoms. The molecule has 0 amide bonds. The highest BCUT2D eigenvalue weighted by atomic mass is 35.5. The number of pyridine rings is 1. The summed E-state index contributed by atoms with van der Waals surface area (Å²) in [7, 11) is 2.23. The fourth-order valence-electron chi connectivity index (χ4n) is 3.70. The molecule has 3 heterocycles. The number of anilines is 1. The van der Waals surface area contributed by atoms with Crippen LogP contribution >= 0.6 is 11.6 Å². The predicted molar refractivity (Wildman–Crippen MR) is 79.7 cm³/mol. The van der Waals surface area contributed by atoms with E-state index in [0.717, 1.165) is 30.9 Å². The fourth-order valence-corrected chi connectivity index (χ4v) is 3.90. The zero-order chi connectivity index (χ0) is 14.1. The Balaban J connectivity index is 1.79. The highest BCUT2D eigenvalue weighted by molar-refractivity contribution is 6.17. The van der Waals surface area contributed by atoms with E-state index in [-0.39, 0.29) is 5.82 Å². The van der Waals surface area contributed by atoms with Gasteiger partial charge >= 0.3 is 0 Å². The van der Waals surface area contributed by atoms with Gasteiger partial charge in [-0.2, -0.15) is 0 Å². The van der Waals surface area contributed by atoms with Crippen molar-refractivity contribution in [3.05, 3.63) is 23.6 Å². The summed E-state index contributed by atoms with van der Waals surface area (Å²) < 4.78 is 13.3. The molecule has 1 aromatic heterocycles. The number of alkyl halides is 1. The number of nitrogens with zero attached hydrogens (tertiary/aromatic N) is 3. The number of hydrogen-bond donors (Lipinski definition) is 0. The Labute approximate surface area is 124 Å². The molecule has 0 spiro atoms. The molecule has 0 aromatic carbocycles. The largest absolute Gasteiger partial charge is 0.356 e. The van der Waals surface area contributed by atoms with Gasteiger partial charge in [-0.1, -0.05) is 0 Å². The van der Waals surface area contributed by atoms with Crippen LogP contribution in [0.3, 0.4) is 0 Å². The molecule has 2 aliphatic heterocycles. The minimum absolute atomic E-state index is 0.309. The molecule has 0 radical (unpaired) electrons. The summed E-state index contributed by atoms with van der Waals surface area (Å²) in [5.74, 6) is 1.56. The van der Waals surface area contributed by atoms with E-state index in [4.69, 9.17) is 11.6 Å². The molecule has 1 aromatic rings. The summed E-state index contributed by atoms with van der Waals surface area (Å²) in [6, 6.07) is 2.20. The molecule has 0 aliphatic carbocycles. The van der Waals surface area contributed by atoms with Gasteiger partial charge in [0.1, 0.15) is 11.6 Å². The lowest BCUT2D eigenvalue weighted by Gasteiger charge is -2.46. The lowest BCUT2D eigenvalue weighted by molar-refractivity contribution is 0.102. The number of halogens is 2. The van der Waals surface area contributed by atoms with Crippen LogP contribution in [0.4, 0.5) is 10.2 Å². The summed E-state index contributed by atoms with van der Waals surface area (Å²) in [5.41, 5.74) is 0.800. The smallest absolute Gasteiger partial charge is 0.141 e. The van der Waals surface area contributed by atoms with E-state index < -0.39 is 0 Å². The van der Waals surface area contributed by atoms with Crippen molar-refractivity contribution in [1.82, 2.24) is 9.88 Å². The second-order valence-corrected chi connectivity index (χ2v) is 6.22. The standard InChI is InChI=1S/C15H21ClFN3/c1-19-5-2-3-11-10-20(6-4-14(11)19)15-12(8-16)7-13(17)9-18-15/h7,9,11,14H,2-6,8,10H2,1H3. The molecule has 3 nitrogen and oxygen atoms in total. The van der Waals surface area contributed by atoms with Gasteiger partial charge in [0.15, 0.2) is 0 Å². The van der Waals surface area contributed by atoms with Gasteiger partial charge in [-0.3, -0.25) is 0 Å². The molecule has 2 atom stereocenters. The first-order chi connectivity index (χ1) is 9.69. The van der Waals surface area contributed by atoms with Gasteiger partial charge in [-0.05, 0) is 44.8 Å². The average molecular weight is 298 g/mol. The molecule has 2 saturated heterocycles. The Morgan fingerprint density at radius 2 is 2.25 bits per heavy atom. The molecule has 110 valence electrons. The maximum Gasteiger partial charge on any atom is 0.141 e. The molecular weight excluding hydrogens is 277 g/mol. The van der Waals surface area contributed by atoms with Crippen LogP contribution in [-0.4, -0.2) is 42.6 Å². The highest BCUT2D eigenvalue weighted by Crippen LogP contribution is 2.32. The van der Waals surface area contributed by atoms with Crippen LogP contribution in [0, 0.1) is 11.7 Å². The van der Waals surface area contributed by atoms with Crippen molar-refractivity contribution in [3.63, 3.8) is 0 Å². The number of aromatic nitrogens is 1. The number of piperidine rings is 2. The Morgan fingerprint density at radius 1 is 1.40 bits per heavy atom. The van der Waals surface area contributed by atoms with E-state index in [2.05, 4.69) is 21.8 Å². The first kappa shape index (κ1) is 14.1. The van der Waals surface area contributed by atoms with Gasteiger partial charge in [0.25, 0.3) is 0 Å². The van der Waals surface area contributed by atoms with Crippen molar-refractivity contribution >= 4 is 17.4 Å². The van der Waals surface area contributed by atoms with E-state index in [1.807, 2.05) is 0 Å². The summed E-state index contributed by atoms with van der Waals surface area (Å²) in [6.45, 7) is 3.20. The monoisotopic (exact) mass is 297 g/mol. The zero-order valence-electron chi connectivity index (χ0n) is 11.9. The maximum absolute atomic E-state index is 13.3. The van der Waals surface area contributed by atoms with E-state index in [0.29, 0.717) is 17.8 Å². The van der Waals surface area contributed by atoms with Crippen LogP contribution in [0.5, 0.6) is 0 Å². The Bertz CT molecular complexity index is 482. The van der Waals surface area contributed by atoms with Gasteiger partial charge < -0.3 is 9.80 Å². The first-order valence-electron chi connectivity index (χ1n) is 7.34. The van der Waals surface area contributed by atoms with Crippen LogP contribution < -0.4 is 4.90 Å². The van der Waals surface area contributed by atoms with E-state index >= 15 is 0 Å². The van der Waals surface area contributed by atoms with E-state index in [1.165, 1.54) is 31.6 Å². The molecule has 0 saturated carbocycles. The summed E-state index contributed by atoms with van der Waals surface area (Å²) in [5, 5.41) is 0. The number of rotatable bonds is 2. The van der Waals surface area contributed by atoms with Crippen LogP contribution in [0.25, 0.3) is 0 Å². The molecule has 20 heavy (non-hydrogen) atoms. The molecule has 2 unspecified atom stereocenters. The number of hydrogen-bond acceptors (Lipinski definition) is 3. The summed E-state index contributed by atoms with van der Waals surface area (Å²) in [6.07, 6.45) is 5.00. The van der Waals surface area contributed by atoms with Crippen LogP contribution in [0.1, 0.15) is 24.8 Å². The van der Waals surface area contributed by atoms with Gasteiger partial charge in [0.05, 0.1) is 12.1 Å². The van der Waals surface area contributed by atoms with Crippen molar-refractivity contribution in [3.8, 4) is 0 Å². The zero-order valence-corrected chi connectivity index (χ0v) is 12.6. The molecular formula is C15H21ClFN3.